The third-order valence-electron chi connectivity index (χ3n) is 5.01. The number of carbonyl (C=O) groups excluding carboxylic acids is 2. The smallest absolute Gasteiger partial charge is 0.338 e. The number of Topliss-reactive ketones (excluding diaryl/α,β-unsaturated/α-hetero) is 1. The number of ether oxygens (including phenoxy) is 1. The molecule has 32 heavy (non-hydrogen) atoms. The van der Waals surface area contributed by atoms with Gasteiger partial charge in [-0.3, -0.25) is 4.79 Å². The fraction of sp³-hybridized carbons (Fsp3) is 0.217. The molecule has 1 heterocycles. The van der Waals surface area contributed by atoms with Crippen molar-refractivity contribution < 1.29 is 27.1 Å². The standard InChI is InChI=1S/C23H23FN2O5S/c1-15-12-19(16(2)26(15)21-11-6-5-10-20(21)24)22(27)14-31-23(28)17-8-7-9-18(13-17)32(29,30)25(3)4/h5-13H,14H2,1-4H3. The molecule has 0 saturated heterocycles. The number of hydrogen-bond donors (Lipinski definition) is 0. The zero-order valence-corrected chi connectivity index (χ0v) is 18.9. The maximum absolute atomic E-state index is 14.2. The maximum Gasteiger partial charge on any atom is 0.338 e. The molecule has 0 aliphatic rings. The summed E-state index contributed by atoms with van der Waals surface area (Å²) in [6.45, 7) is 2.90. The molecule has 0 spiro atoms. The topological polar surface area (TPSA) is 85.7 Å². The summed E-state index contributed by atoms with van der Waals surface area (Å²) in [5.41, 5.74) is 1.81. The lowest BCUT2D eigenvalue weighted by atomic mass is 10.1. The van der Waals surface area contributed by atoms with Crippen molar-refractivity contribution in [3.63, 3.8) is 0 Å². The predicted octanol–water partition coefficient (Wildman–Crippen LogP) is 3.52. The Morgan fingerprint density at radius 2 is 1.72 bits per heavy atom. The summed E-state index contributed by atoms with van der Waals surface area (Å²) in [4.78, 5) is 25.1. The van der Waals surface area contributed by atoms with Crippen molar-refractivity contribution >= 4 is 21.8 Å². The minimum absolute atomic E-state index is 0.0116. The first-order valence-corrected chi connectivity index (χ1v) is 11.1. The van der Waals surface area contributed by atoms with Gasteiger partial charge in [0.05, 0.1) is 16.1 Å². The molecule has 1 aromatic heterocycles. The summed E-state index contributed by atoms with van der Waals surface area (Å²) < 4.78 is 46.5. The van der Waals surface area contributed by atoms with Gasteiger partial charge in [-0.2, -0.15) is 0 Å². The quantitative estimate of drug-likeness (QED) is 0.399. The zero-order chi connectivity index (χ0) is 23.6. The van der Waals surface area contributed by atoms with Gasteiger partial charge in [0.15, 0.2) is 6.61 Å². The highest BCUT2D eigenvalue weighted by Crippen LogP contribution is 2.23. The summed E-state index contributed by atoms with van der Waals surface area (Å²) >= 11 is 0. The fourth-order valence-corrected chi connectivity index (χ4v) is 4.28. The van der Waals surface area contributed by atoms with Crippen molar-refractivity contribution in [3.05, 3.63) is 82.9 Å². The van der Waals surface area contributed by atoms with Gasteiger partial charge in [-0.15, -0.1) is 0 Å². The molecule has 0 N–H and O–H groups in total. The Bertz CT molecular complexity index is 1300. The normalized spacial score (nSPS) is 11.6. The van der Waals surface area contributed by atoms with Gasteiger partial charge in [0, 0.05) is 31.0 Å². The van der Waals surface area contributed by atoms with Gasteiger partial charge < -0.3 is 9.30 Å². The highest BCUT2D eigenvalue weighted by molar-refractivity contribution is 7.89. The average Bonchev–Trinajstić information content (AvgIpc) is 3.06. The Morgan fingerprint density at radius 3 is 2.38 bits per heavy atom. The first-order chi connectivity index (χ1) is 15.0. The van der Waals surface area contributed by atoms with Crippen LogP contribution in [0.1, 0.15) is 32.1 Å². The Labute approximate surface area is 186 Å². The summed E-state index contributed by atoms with van der Waals surface area (Å²) in [6, 6.07) is 13.2. The van der Waals surface area contributed by atoms with Crippen LogP contribution in [0.3, 0.4) is 0 Å². The van der Waals surface area contributed by atoms with Gasteiger partial charge in [0.25, 0.3) is 0 Å². The molecule has 168 valence electrons. The van der Waals surface area contributed by atoms with E-state index in [1.54, 1.807) is 42.7 Å². The molecule has 0 saturated carbocycles. The molecule has 0 atom stereocenters. The summed E-state index contributed by atoms with van der Waals surface area (Å²) in [7, 11) is -0.948. The first kappa shape index (κ1) is 23.4. The van der Waals surface area contributed by atoms with E-state index in [0.717, 1.165) is 4.31 Å². The fourth-order valence-electron chi connectivity index (χ4n) is 3.34. The Hall–Kier alpha value is -3.30. The van der Waals surface area contributed by atoms with E-state index in [-0.39, 0.29) is 10.5 Å². The van der Waals surface area contributed by atoms with Crippen LogP contribution in [0.4, 0.5) is 4.39 Å². The Kier molecular flexibility index (Phi) is 6.61. The number of nitrogens with zero attached hydrogens (tertiary/aromatic N) is 2. The van der Waals surface area contributed by atoms with E-state index in [0.29, 0.717) is 22.6 Å². The van der Waals surface area contributed by atoms with Crippen molar-refractivity contribution in [1.82, 2.24) is 8.87 Å². The molecule has 7 nitrogen and oxygen atoms in total. The monoisotopic (exact) mass is 458 g/mol. The maximum atomic E-state index is 14.2. The second-order valence-electron chi connectivity index (χ2n) is 7.39. The van der Waals surface area contributed by atoms with Crippen LogP contribution in [0.5, 0.6) is 0 Å². The van der Waals surface area contributed by atoms with E-state index in [1.807, 2.05) is 0 Å². The third-order valence-corrected chi connectivity index (χ3v) is 6.82. The number of para-hydroxylation sites is 1. The summed E-state index contributed by atoms with van der Waals surface area (Å²) in [5, 5.41) is 0. The van der Waals surface area contributed by atoms with Crippen LogP contribution in [0.2, 0.25) is 0 Å². The number of halogens is 1. The Balaban J connectivity index is 1.78. The van der Waals surface area contributed by atoms with Gasteiger partial charge in [0.1, 0.15) is 5.82 Å². The number of benzene rings is 2. The first-order valence-electron chi connectivity index (χ1n) is 9.70. The molecule has 0 aliphatic heterocycles. The number of sulfonamides is 1. The van der Waals surface area contributed by atoms with Crippen molar-refractivity contribution in [3.8, 4) is 5.69 Å². The number of carbonyl (C=O) groups is 2. The molecule has 0 fully saturated rings. The van der Waals surface area contributed by atoms with Gasteiger partial charge in [-0.05, 0) is 50.2 Å². The number of ketones is 1. The van der Waals surface area contributed by atoms with Crippen LogP contribution < -0.4 is 0 Å². The molecule has 0 amide bonds. The molecule has 9 heteroatoms. The van der Waals surface area contributed by atoms with E-state index in [1.165, 1.54) is 44.4 Å². The Morgan fingerprint density at radius 1 is 1.03 bits per heavy atom. The summed E-state index contributed by atoms with van der Waals surface area (Å²) in [6.07, 6.45) is 0. The van der Waals surface area contributed by atoms with E-state index in [9.17, 15) is 22.4 Å². The van der Waals surface area contributed by atoms with Gasteiger partial charge in [-0.1, -0.05) is 18.2 Å². The lowest BCUT2D eigenvalue weighted by molar-refractivity contribution is 0.0474. The van der Waals surface area contributed by atoms with Crippen LogP contribution in [-0.2, 0) is 14.8 Å². The second-order valence-corrected chi connectivity index (χ2v) is 9.54. The van der Waals surface area contributed by atoms with Crippen molar-refractivity contribution in [1.29, 1.82) is 0 Å². The molecule has 0 aliphatic carbocycles. The van der Waals surface area contributed by atoms with Crippen LogP contribution in [-0.4, -0.2) is 49.7 Å². The number of hydrogen-bond acceptors (Lipinski definition) is 5. The van der Waals surface area contributed by atoms with Crippen molar-refractivity contribution in [2.45, 2.75) is 18.7 Å². The molecule has 2 aromatic carbocycles. The lowest BCUT2D eigenvalue weighted by Gasteiger charge is -2.12. The van der Waals surface area contributed by atoms with Crippen molar-refractivity contribution in [2.75, 3.05) is 20.7 Å². The van der Waals surface area contributed by atoms with Crippen LogP contribution in [0, 0.1) is 19.7 Å². The predicted molar refractivity (Wildman–Crippen MR) is 117 cm³/mol. The molecular weight excluding hydrogens is 435 g/mol. The third kappa shape index (κ3) is 4.49. The van der Waals surface area contributed by atoms with Gasteiger partial charge in [0.2, 0.25) is 15.8 Å². The molecule has 3 aromatic rings. The van der Waals surface area contributed by atoms with Crippen molar-refractivity contribution in [2.24, 2.45) is 0 Å². The number of aromatic nitrogens is 1. The van der Waals surface area contributed by atoms with Crippen LogP contribution in [0.15, 0.2) is 59.5 Å². The average molecular weight is 459 g/mol. The minimum atomic E-state index is -3.72. The molecular formula is C23H23FN2O5S. The number of aryl methyl sites for hydroxylation is 1. The van der Waals surface area contributed by atoms with E-state index >= 15 is 0 Å². The van der Waals surface area contributed by atoms with E-state index in [4.69, 9.17) is 4.74 Å². The molecule has 3 rings (SSSR count). The minimum Gasteiger partial charge on any atom is -0.454 e. The van der Waals surface area contributed by atoms with Gasteiger partial charge in [-0.25, -0.2) is 21.9 Å². The van der Waals surface area contributed by atoms with E-state index < -0.39 is 34.2 Å². The van der Waals surface area contributed by atoms with Crippen LogP contribution in [0.25, 0.3) is 5.69 Å². The highest BCUT2D eigenvalue weighted by Gasteiger charge is 2.22. The number of rotatable bonds is 7. The zero-order valence-electron chi connectivity index (χ0n) is 18.1. The highest BCUT2D eigenvalue weighted by atomic mass is 32.2. The molecule has 0 bridgehead atoms. The van der Waals surface area contributed by atoms with Gasteiger partial charge >= 0.3 is 5.97 Å². The SMILES string of the molecule is Cc1cc(C(=O)COC(=O)c2cccc(S(=O)(=O)N(C)C)c2)c(C)n1-c1ccccc1F. The van der Waals surface area contributed by atoms with E-state index in [2.05, 4.69) is 0 Å². The van der Waals surface area contributed by atoms with Crippen LogP contribution >= 0.6 is 0 Å². The lowest BCUT2D eigenvalue weighted by Crippen LogP contribution is -2.22. The second kappa shape index (κ2) is 9.05. The number of esters is 1. The molecule has 0 unspecified atom stereocenters. The summed E-state index contributed by atoms with van der Waals surface area (Å²) in [5.74, 6) is -1.70. The molecule has 0 radical (unpaired) electrons. The largest absolute Gasteiger partial charge is 0.454 e.